The highest BCUT2D eigenvalue weighted by Gasteiger charge is 2.60. The van der Waals surface area contributed by atoms with Gasteiger partial charge in [0.25, 0.3) is 0 Å². The standard InChI is InChI=1S/C45H52N4O10S/c1-6-7-8-9-10-11-32(51)59-40-23(3)41-42(58-21-57-41)34-29-19-56-44(53)45(26-17-31(54-4)30(50)16-24(26)12-13-47-45)20-60-43(35(34)40)37-36-33-25(14-22(2)39(55-5)38(33)52)15-27(48-36)28(18-46)49(29)37/h14,16-17,27-29,36-37,43,47-48,50,52H,6-13,15,19-21H2,1-5H3/t27-,28+,29+,36-,37?,43-,45-/m1/s1. The van der Waals surface area contributed by atoms with Gasteiger partial charge in [-0.25, -0.2) is 4.79 Å². The summed E-state index contributed by atoms with van der Waals surface area (Å²) in [5.41, 5.74) is 4.45. The lowest BCUT2D eigenvalue weighted by atomic mass is 9.72. The number of aromatic hydroxyl groups is 2. The topological polar surface area (TPSA) is 181 Å². The van der Waals surface area contributed by atoms with Crippen LogP contribution in [0.15, 0.2) is 18.2 Å². The summed E-state index contributed by atoms with van der Waals surface area (Å²) in [6.07, 6.45) is 6.11. The van der Waals surface area contributed by atoms with Gasteiger partial charge in [0, 0.05) is 53.1 Å². The molecule has 1 unspecified atom stereocenters. The van der Waals surface area contributed by atoms with Gasteiger partial charge in [-0.05, 0) is 67.5 Å². The minimum Gasteiger partial charge on any atom is -0.504 e. The number of hydrogen-bond acceptors (Lipinski definition) is 15. The van der Waals surface area contributed by atoms with Crippen molar-refractivity contribution >= 4 is 23.7 Å². The first-order valence-electron chi connectivity index (χ1n) is 21.0. The highest BCUT2D eigenvalue weighted by molar-refractivity contribution is 7.99. The largest absolute Gasteiger partial charge is 0.504 e. The number of piperazine rings is 1. The van der Waals surface area contributed by atoms with E-state index < -0.39 is 40.9 Å². The molecule has 14 nitrogen and oxygen atoms in total. The minimum absolute atomic E-state index is 0.0204. The van der Waals surface area contributed by atoms with Crippen molar-refractivity contribution in [2.24, 2.45) is 0 Å². The summed E-state index contributed by atoms with van der Waals surface area (Å²) >= 11 is 1.49. The van der Waals surface area contributed by atoms with Gasteiger partial charge in [-0.3, -0.25) is 15.0 Å². The Kier molecular flexibility index (Phi) is 10.7. The molecule has 4 N–H and O–H groups in total. The van der Waals surface area contributed by atoms with Crippen LogP contribution in [0.4, 0.5) is 0 Å². The van der Waals surface area contributed by atoms with E-state index in [9.17, 15) is 25.1 Å². The van der Waals surface area contributed by atoms with E-state index in [4.69, 9.17) is 28.4 Å². The molecule has 0 amide bonds. The Morgan fingerprint density at radius 2 is 1.82 bits per heavy atom. The van der Waals surface area contributed by atoms with Gasteiger partial charge in [-0.15, -0.1) is 11.8 Å². The molecule has 2 saturated heterocycles. The van der Waals surface area contributed by atoms with Crippen LogP contribution in [0.1, 0.15) is 107 Å². The van der Waals surface area contributed by atoms with Gasteiger partial charge in [0.15, 0.2) is 40.0 Å². The van der Waals surface area contributed by atoms with Crippen molar-refractivity contribution in [2.75, 3.05) is 39.9 Å². The van der Waals surface area contributed by atoms with Crippen LogP contribution >= 0.6 is 11.8 Å². The van der Waals surface area contributed by atoms with Crippen LogP contribution in [0, 0.1) is 25.2 Å². The molecule has 15 heteroatoms. The van der Waals surface area contributed by atoms with Crippen molar-refractivity contribution in [2.45, 2.75) is 113 Å². The Bertz CT molecular complexity index is 2300. The van der Waals surface area contributed by atoms with E-state index in [1.54, 1.807) is 12.1 Å². The van der Waals surface area contributed by atoms with Crippen LogP contribution in [0.5, 0.6) is 40.2 Å². The fraction of sp³-hybridized carbons (Fsp3) is 0.533. The molecule has 0 aliphatic carbocycles. The first kappa shape index (κ1) is 40.5. The van der Waals surface area contributed by atoms with Crippen LogP contribution in [-0.4, -0.2) is 85.1 Å². The lowest BCUT2D eigenvalue weighted by Crippen LogP contribution is -2.69. The Labute approximate surface area is 353 Å². The minimum atomic E-state index is -1.37. The van der Waals surface area contributed by atoms with Crippen LogP contribution in [0.25, 0.3) is 0 Å². The van der Waals surface area contributed by atoms with Gasteiger partial charge in [0.1, 0.15) is 18.4 Å². The molecule has 7 heterocycles. The van der Waals surface area contributed by atoms with Crippen molar-refractivity contribution in [3.05, 3.63) is 62.7 Å². The predicted molar refractivity (Wildman–Crippen MR) is 221 cm³/mol. The summed E-state index contributed by atoms with van der Waals surface area (Å²) in [4.78, 5) is 30.9. The smallest absolute Gasteiger partial charge is 0.331 e. The second kappa shape index (κ2) is 15.9. The molecule has 10 rings (SSSR count). The first-order chi connectivity index (χ1) is 29.1. The molecule has 2 fully saturated rings. The van der Waals surface area contributed by atoms with Gasteiger partial charge < -0.3 is 44.0 Å². The van der Waals surface area contributed by atoms with Crippen molar-refractivity contribution in [1.82, 2.24) is 15.5 Å². The number of phenols is 2. The normalized spacial score (nSPS) is 27.2. The number of fused-ring (bicyclic) bond motifs is 9. The number of phenolic OH excluding ortho intramolecular Hbond substituents is 2. The van der Waals surface area contributed by atoms with E-state index in [1.165, 1.54) is 26.0 Å². The maximum Gasteiger partial charge on any atom is 0.331 e. The van der Waals surface area contributed by atoms with E-state index in [2.05, 4.69) is 28.5 Å². The molecule has 1 spiro atoms. The second-order valence-corrected chi connectivity index (χ2v) is 17.8. The molecule has 0 aromatic heterocycles. The van der Waals surface area contributed by atoms with E-state index >= 15 is 0 Å². The lowest BCUT2D eigenvalue weighted by Gasteiger charge is -2.59. The molecule has 3 aromatic rings. The third-order valence-electron chi connectivity index (χ3n) is 13.4. The summed E-state index contributed by atoms with van der Waals surface area (Å²) in [7, 11) is 3.01. The van der Waals surface area contributed by atoms with Crippen LogP contribution < -0.4 is 34.3 Å². The molecule has 7 aliphatic rings. The number of benzene rings is 3. The number of carbonyl (C=O) groups is 2. The van der Waals surface area contributed by atoms with Crippen molar-refractivity contribution in [1.29, 1.82) is 5.26 Å². The fourth-order valence-corrected chi connectivity index (χ4v) is 12.4. The lowest BCUT2D eigenvalue weighted by molar-refractivity contribution is -0.155. The van der Waals surface area contributed by atoms with E-state index in [0.717, 1.165) is 42.4 Å². The third-order valence-corrected chi connectivity index (χ3v) is 14.9. The molecule has 318 valence electrons. The molecule has 4 bridgehead atoms. The Morgan fingerprint density at radius 1 is 1.02 bits per heavy atom. The number of nitrogens with one attached hydrogen (secondary N) is 2. The number of unbranched alkanes of at least 4 members (excludes halogenated alkanes) is 4. The zero-order chi connectivity index (χ0) is 42.0. The van der Waals surface area contributed by atoms with Crippen LogP contribution in [-0.2, 0) is 32.7 Å². The van der Waals surface area contributed by atoms with Gasteiger partial charge in [0.2, 0.25) is 6.79 Å². The average molecular weight is 841 g/mol. The Morgan fingerprint density at radius 3 is 2.58 bits per heavy atom. The van der Waals surface area contributed by atoms with E-state index in [1.807, 2.05) is 19.9 Å². The van der Waals surface area contributed by atoms with Crippen LogP contribution in [0.2, 0.25) is 0 Å². The monoisotopic (exact) mass is 840 g/mol. The maximum atomic E-state index is 14.9. The number of methoxy groups -OCH3 is 2. The molecular formula is C45H52N4O10S. The number of esters is 2. The number of ether oxygens (including phenoxy) is 6. The summed E-state index contributed by atoms with van der Waals surface area (Å²) in [5.74, 6) is 1.21. The molecule has 7 atom stereocenters. The average Bonchev–Trinajstić information content (AvgIpc) is 3.73. The number of thioether (sulfide) groups is 1. The summed E-state index contributed by atoms with van der Waals surface area (Å²) in [6, 6.07) is 5.14. The Hall–Kier alpha value is -4.88. The van der Waals surface area contributed by atoms with Gasteiger partial charge in [0.05, 0.1) is 37.6 Å². The van der Waals surface area contributed by atoms with Crippen molar-refractivity contribution < 1.29 is 48.2 Å². The fourth-order valence-electron chi connectivity index (χ4n) is 10.7. The second-order valence-electron chi connectivity index (χ2n) is 16.7. The Balaban J connectivity index is 1.27. The van der Waals surface area contributed by atoms with Crippen molar-refractivity contribution in [3.63, 3.8) is 0 Å². The van der Waals surface area contributed by atoms with Crippen LogP contribution in [0.3, 0.4) is 0 Å². The molecule has 7 aliphatic heterocycles. The van der Waals surface area contributed by atoms with Gasteiger partial charge >= 0.3 is 11.9 Å². The molecule has 0 radical (unpaired) electrons. The summed E-state index contributed by atoms with van der Waals surface area (Å²) in [6.45, 7) is 6.13. The summed E-state index contributed by atoms with van der Waals surface area (Å²) in [5, 5.41) is 40.7. The van der Waals surface area contributed by atoms with Crippen molar-refractivity contribution in [3.8, 4) is 46.3 Å². The van der Waals surface area contributed by atoms with Gasteiger partial charge in [-0.2, -0.15) is 5.26 Å². The number of nitriles is 1. The molecule has 60 heavy (non-hydrogen) atoms. The number of hydrogen-bond donors (Lipinski definition) is 4. The third kappa shape index (κ3) is 6.24. The quantitative estimate of drug-likeness (QED) is 0.112. The highest BCUT2D eigenvalue weighted by atomic mass is 32.2. The number of carbonyl (C=O) groups excluding carboxylic acids is 2. The molecular weight excluding hydrogens is 789 g/mol. The number of rotatable bonds is 9. The number of nitrogens with zero attached hydrogens (tertiary/aromatic N) is 2. The van der Waals surface area contributed by atoms with Gasteiger partial charge in [-0.1, -0.05) is 38.7 Å². The zero-order valence-electron chi connectivity index (χ0n) is 34.6. The first-order valence-corrected chi connectivity index (χ1v) is 22.0. The van der Waals surface area contributed by atoms with E-state index in [0.29, 0.717) is 76.6 Å². The molecule has 3 aromatic carbocycles. The number of aryl methyl sites for hydroxylation is 1. The maximum absolute atomic E-state index is 14.9. The van der Waals surface area contributed by atoms with E-state index in [-0.39, 0.29) is 54.8 Å². The highest BCUT2D eigenvalue weighted by Crippen LogP contribution is 2.63. The zero-order valence-corrected chi connectivity index (χ0v) is 35.5. The molecule has 0 saturated carbocycles. The predicted octanol–water partition coefficient (Wildman–Crippen LogP) is 5.99. The SMILES string of the molecule is CCCCCCCC(=O)Oc1c(C)c2c(c3c1[C@H]1SC[C@]4(NCCc5cc(O)c(OC)cc54)C(=O)OC[C@@H]3N3C1[C@@H]1N[C@H](Cc4cc(C)c(OC)c(O)c41)[C@@H]3C#N)OCO2. The summed E-state index contributed by atoms with van der Waals surface area (Å²) < 4.78 is 36.7.